The van der Waals surface area contributed by atoms with Gasteiger partial charge in [0.1, 0.15) is 22.4 Å². The monoisotopic (exact) mass is 1910 g/mol. The Hall–Kier alpha value is -18.4. The molecule has 149 heavy (non-hydrogen) atoms. The van der Waals surface area contributed by atoms with Crippen LogP contribution in [0, 0.1) is 0 Å². The van der Waals surface area contributed by atoms with Crippen LogP contribution in [0.25, 0.3) is 144 Å². The molecule has 5 atom stereocenters. The molecular weight excluding hydrogens is 1810 g/mol. The minimum absolute atomic E-state index is 0.0619. The van der Waals surface area contributed by atoms with E-state index in [1.165, 1.54) is 27.8 Å². The summed E-state index contributed by atoms with van der Waals surface area (Å²) in [5, 5.41) is 61.0. The van der Waals surface area contributed by atoms with Crippen LogP contribution >= 0.6 is 0 Å². The molecule has 3 aliphatic rings. The number of fused-ring (bicyclic) bond motifs is 9. The highest BCUT2D eigenvalue weighted by Gasteiger charge is 2.54. The summed E-state index contributed by atoms with van der Waals surface area (Å²) >= 11 is 0. The van der Waals surface area contributed by atoms with Gasteiger partial charge in [-0.25, -0.2) is 0 Å². The van der Waals surface area contributed by atoms with Crippen molar-refractivity contribution in [2.75, 3.05) is 0 Å². The minimum Gasteiger partial charge on any atom is -0.376 e. The largest absolute Gasteiger partial charge is 0.376 e. The van der Waals surface area contributed by atoms with E-state index in [4.69, 9.17) is 0 Å². The fourth-order valence-electron chi connectivity index (χ4n) is 23.5. The lowest BCUT2D eigenvalue weighted by molar-refractivity contribution is 0.0756. The Balaban J connectivity index is 0.000000118. The molecule has 0 radical (unpaired) electrons. The Morgan fingerprint density at radius 3 is 0.698 bits per heavy atom. The normalized spacial score (nSPS) is 16.5. The topological polar surface area (TPSA) is 98.0 Å². The van der Waals surface area contributed by atoms with Gasteiger partial charge in [-0.1, -0.05) is 510 Å². The summed E-state index contributed by atoms with van der Waals surface area (Å²) in [7, 11) is 0. The molecular formula is C144H100O5. The van der Waals surface area contributed by atoms with Crippen molar-refractivity contribution >= 4 is 38.1 Å². The van der Waals surface area contributed by atoms with Crippen molar-refractivity contribution in [2.45, 2.75) is 28.3 Å². The lowest BCUT2D eigenvalue weighted by Crippen LogP contribution is -2.44. The summed E-state index contributed by atoms with van der Waals surface area (Å²) in [6, 6.07) is 198. The van der Waals surface area contributed by atoms with E-state index in [1.807, 2.05) is 200 Å². The van der Waals surface area contributed by atoms with Crippen LogP contribution < -0.4 is 0 Å². The molecule has 0 amide bonds. The molecule has 4 N–H and O–H groups in total. The van der Waals surface area contributed by atoms with Crippen molar-refractivity contribution in [1.82, 2.24) is 0 Å². The fraction of sp³-hybridized carbons (Fsp3) is 0.0347. The molecule has 0 saturated heterocycles. The SMILES string of the molecule is O=C1c2ccccc2C(O)(c2ccc(-c3ccccc3)cc2-c2ccccc2)c2cc3ccccc3cc21.OC1(c2ccc(-c3ccccc3)cc2-c2ccccc2)c2ccccc2C(O)(c2ccc(-c3ccccc3)cc2-c2ccccc2)c2cc3ccccc3cc21.OC1(c2ccc(-c3ccccc3)cc2-c2ccccc2)c2ccccc2C(c2ccc(-c3ccccc3)cc2-c2ccccc2)c2cc3ccccc3cc21. The smallest absolute Gasteiger partial charge is 0.193 e. The first-order valence-electron chi connectivity index (χ1n) is 50.9. The summed E-state index contributed by atoms with van der Waals surface area (Å²) in [4.78, 5) is 13.8. The first kappa shape index (κ1) is 91.7. The molecule has 0 fully saturated rings. The summed E-state index contributed by atoms with van der Waals surface area (Å²) in [5.74, 6) is -0.201. The molecule has 0 saturated carbocycles. The van der Waals surface area contributed by atoms with Gasteiger partial charge in [0.25, 0.3) is 0 Å². The number of hydrogen-bond donors (Lipinski definition) is 4. The van der Waals surface area contributed by atoms with Gasteiger partial charge in [-0.15, -0.1) is 0 Å². The Labute approximate surface area is 867 Å². The van der Waals surface area contributed by atoms with Crippen molar-refractivity contribution in [2.24, 2.45) is 0 Å². The summed E-state index contributed by atoms with van der Waals surface area (Å²) in [5.41, 5.74) is 28.2. The van der Waals surface area contributed by atoms with Crippen molar-refractivity contribution in [3.05, 3.63) is 671 Å². The number of aliphatic hydroxyl groups is 4. The minimum atomic E-state index is -1.64. The molecule has 5 unspecified atom stereocenters. The van der Waals surface area contributed by atoms with Crippen LogP contribution in [0.2, 0.25) is 0 Å². The third-order valence-corrected chi connectivity index (χ3v) is 30.7. The number of ketones is 1. The maximum atomic E-state index is 14.0. The lowest BCUT2D eigenvalue weighted by atomic mass is 9.61. The quantitative estimate of drug-likeness (QED) is 0.0820. The Morgan fingerprint density at radius 1 is 0.128 bits per heavy atom. The molecule has 0 heterocycles. The molecule has 5 heteroatoms. The van der Waals surface area contributed by atoms with E-state index in [0.717, 1.165) is 166 Å². The maximum Gasteiger partial charge on any atom is 0.193 e. The summed E-state index contributed by atoms with van der Waals surface area (Å²) in [6.07, 6.45) is 0. The average molecular weight is 1910 g/mol. The van der Waals surface area contributed by atoms with E-state index in [0.29, 0.717) is 44.5 Å². The van der Waals surface area contributed by atoms with Gasteiger partial charge in [0.15, 0.2) is 5.78 Å². The van der Waals surface area contributed by atoms with Crippen molar-refractivity contribution in [3.63, 3.8) is 0 Å². The van der Waals surface area contributed by atoms with Gasteiger partial charge >= 0.3 is 0 Å². The first-order valence-corrected chi connectivity index (χ1v) is 50.9. The van der Waals surface area contributed by atoms with Crippen LogP contribution in [-0.2, 0) is 22.4 Å². The van der Waals surface area contributed by atoms with Gasteiger partial charge in [-0.2, -0.15) is 0 Å². The Bertz CT molecular complexity index is 8990. The first-order chi connectivity index (χ1) is 73.3. The van der Waals surface area contributed by atoms with Crippen LogP contribution in [0.15, 0.2) is 576 Å². The molecule has 5 nitrogen and oxygen atoms in total. The zero-order valence-corrected chi connectivity index (χ0v) is 81.6. The van der Waals surface area contributed by atoms with E-state index >= 15 is 0 Å². The average Bonchev–Trinajstić information content (AvgIpc) is 0.689. The van der Waals surface area contributed by atoms with E-state index < -0.39 is 22.4 Å². The zero-order valence-electron chi connectivity index (χ0n) is 81.6. The van der Waals surface area contributed by atoms with Crippen molar-refractivity contribution in [1.29, 1.82) is 0 Å². The van der Waals surface area contributed by atoms with Crippen LogP contribution in [0.4, 0.5) is 0 Å². The van der Waals surface area contributed by atoms with E-state index in [1.54, 1.807) is 0 Å². The molecule has 0 aliphatic heterocycles. The molecule has 706 valence electrons. The Kier molecular flexibility index (Phi) is 23.8. The molecule has 24 aromatic rings. The van der Waals surface area contributed by atoms with Crippen LogP contribution in [-0.4, -0.2) is 26.2 Å². The second-order valence-corrected chi connectivity index (χ2v) is 39.1. The number of rotatable bonds is 15. The predicted octanol–water partition coefficient (Wildman–Crippen LogP) is 33.7. The number of carbonyl (C=O) groups is 1. The summed E-state index contributed by atoms with van der Waals surface area (Å²) in [6.45, 7) is 0. The third kappa shape index (κ3) is 16.2. The van der Waals surface area contributed by atoms with Gasteiger partial charge in [0, 0.05) is 61.6 Å². The second kappa shape index (κ2) is 38.6. The van der Waals surface area contributed by atoms with E-state index in [2.05, 4.69) is 376 Å². The number of carbonyl (C=O) groups excluding carboxylic acids is 1. The van der Waals surface area contributed by atoms with Crippen LogP contribution in [0.1, 0.15) is 105 Å². The molecule has 3 aliphatic carbocycles. The molecule has 27 rings (SSSR count). The number of benzene rings is 24. The molecule has 0 bridgehead atoms. The standard InChI is InChI=1S/C54H38O2.C54H38O.C36H24O2/c55-53(47-31-29-43(37-17-5-1-6-18-37)33-45(47)39-21-9-3-10-22-39)49-27-15-16-28-50(49)54(56,52-36-42-26-14-13-25-41(42)35-51(52)53)48-32-30-44(38-19-7-2-8-20-38)34-46(48)40-23-11-4-12-24-40;55-54(51-32-30-44(38-19-7-2-8-20-38)34-48(51)40-23-11-4-12-24-40)50-28-16-15-27-46(50)53(49-35-41-25-13-14-26-42(41)36-52(49)54)45-31-29-43(37-17-5-1-6-18-37)33-47(45)39-21-9-3-10-22-39;37-35-29-17-9-10-18-32(29)36(38,34-23-27-16-8-7-15-26(27)22-31(34)35)33-20-19-28(24-11-3-1-4-12-24)21-30(33)25-13-5-2-6-14-25/h1-36,55-56H;1-36,53,55H;1-23,38H. The van der Waals surface area contributed by atoms with E-state index in [9.17, 15) is 25.2 Å². The second-order valence-electron chi connectivity index (χ2n) is 39.1. The molecule has 0 aromatic heterocycles. The molecule has 0 spiro atoms. The van der Waals surface area contributed by atoms with E-state index in [-0.39, 0.29) is 11.7 Å². The lowest BCUT2D eigenvalue weighted by Gasteiger charge is -2.46. The van der Waals surface area contributed by atoms with Gasteiger partial charge < -0.3 is 20.4 Å². The highest BCUT2D eigenvalue weighted by molar-refractivity contribution is 6.15. The zero-order chi connectivity index (χ0) is 100. The van der Waals surface area contributed by atoms with Crippen molar-refractivity contribution in [3.8, 4) is 111 Å². The van der Waals surface area contributed by atoms with Gasteiger partial charge in [0.2, 0.25) is 0 Å². The molecule has 24 aromatic carbocycles. The fourth-order valence-corrected chi connectivity index (χ4v) is 23.5. The summed E-state index contributed by atoms with van der Waals surface area (Å²) < 4.78 is 0. The predicted molar refractivity (Wildman–Crippen MR) is 611 cm³/mol. The highest BCUT2D eigenvalue weighted by Crippen LogP contribution is 2.60. The van der Waals surface area contributed by atoms with Crippen molar-refractivity contribution < 1.29 is 25.2 Å². The Morgan fingerprint density at radius 2 is 0.356 bits per heavy atom. The van der Waals surface area contributed by atoms with Crippen LogP contribution in [0.5, 0.6) is 0 Å². The van der Waals surface area contributed by atoms with Gasteiger partial charge in [0.05, 0.1) is 0 Å². The van der Waals surface area contributed by atoms with Crippen LogP contribution in [0.3, 0.4) is 0 Å². The highest BCUT2D eigenvalue weighted by atomic mass is 16.3. The van der Waals surface area contributed by atoms with Gasteiger partial charge in [-0.05, 0) is 249 Å². The number of hydrogen-bond acceptors (Lipinski definition) is 5. The van der Waals surface area contributed by atoms with Gasteiger partial charge in [-0.3, -0.25) is 4.79 Å². The third-order valence-electron chi connectivity index (χ3n) is 30.7. The maximum absolute atomic E-state index is 14.0.